The van der Waals surface area contributed by atoms with Gasteiger partial charge in [-0.1, -0.05) is 30.8 Å². The number of H-pyrrole nitrogens is 1. The van der Waals surface area contributed by atoms with E-state index in [9.17, 15) is 0 Å². The fraction of sp³-hybridized carbons (Fsp3) is 0.429. The van der Waals surface area contributed by atoms with Crippen LogP contribution in [-0.4, -0.2) is 20.9 Å². The van der Waals surface area contributed by atoms with Gasteiger partial charge < -0.3 is 5.73 Å². The maximum Gasteiger partial charge on any atom is 0.216 e. The van der Waals surface area contributed by atoms with E-state index in [2.05, 4.69) is 28.7 Å². The number of nitrogens with two attached hydrogens (primary N) is 1. The molecule has 0 amide bonds. The standard InChI is InChI=1S/C7H12N4S/c1-3-5(2)4-12-7-9-6(8)10-11-7/h2-4H2,1H3,(H3,8,9,10,11). The van der Waals surface area contributed by atoms with Crippen molar-refractivity contribution in [2.45, 2.75) is 18.5 Å². The van der Waals surface area contributed by atoms with Gasteiger partial charge in [0.2, 0.25) is 11.1 Å². The lowest BCUT2D eigenvalue weighted by Gasteiger charge is -1.96. The number of thioether (sulfide) groups is 1. The second-order valence-corrected chi connectivity index (χ2v) is 3.34. The van der Waals surface area contributed by atoms with Crippen LogP contribution in [0.3, 0.4) is 0 Å². The molecule has 66 valence electrons. The van der Waals surface area contributed by atoms with Gasteiger partial charge in [0, 0.05) is 5.75 Å². The predicted octanol–water partition coefficient (Wildman–Crippen LogP) is 1.45. The smallest absolute Gasteiger partial charge is 0.216 e. The topological polar surface area (TPSA) is 67.6 Å². The molecule has 0 bridgehead atoms. The Morgan fingerprint density at radius 2 is 2.50 bits per heavy atom. The van der Waals surface area contributed by atoms with Gasteiger partial charge >= 0.3 is 0 Å². The van der Waals surface area contributed by atoms with Crippen molar-refractivity contribution in [3.8, 4) is 0 Å². The van der Waals surface area contributed by atoms with E-state index < -0.39 is 0 Å². The number of rotatable bonds is 4. The Labute approximate surface area is 75.6 Å². The van der Waals surface area contributed by atoms with E-state index in [0.717, 1.165) is 12.2 Å². The van der Waals surface area contributed by atoms with Crippen molar-refractivity contribution in [1.82, 2.24) is 15.2 Å². The van der Waals surface area contributed by atoms with Gasteiger partial charge in [-0.05, 0) is 6.42 Å². The fourth-order valence-electron chi connectivity index (χ4n) is 0.591. The third-order valence-corrected chi connectivity index (χ3v) is 2.38. The van der Waals surface area contributed by atoms with Gasteiger partial charge in [0.15, 0.2) is 0 Å². The van der Waals surface area contributed by atoms with Crippen molar-refractivity contribution in [2.75, 3.05) is 11.5 Å². The van der Waals surface area contributed by atoms with Crippen LogP contribution in [0.5, 0.6) is 0 Å². The highest BCUT2D eigenvalue weighted by atomic mass is 32.2. The molecule has 1 heterocycles. The lowest BCUT2D eigenvalue weighted by molar-refractivity contribution is 0.973. The summed E-state index contributed by atoms with van der Waals surface area (Å²) in [6.07, 6.45) is 0.993. The molecule has 5 heteroatoms. The average Bonchev–Trinajstić information content (AvgIpc) is 2.47. The Bertz CT molecular complexity index is 268. The van der Waals surface area contributed by atoms with Crippen molar-refractivity contribution >= 4 is 17.7 Å². The van der Waals surface area contributed by atoms with E-state index in [1.807, 2.05) is 0 Å². The monoisotopic (exact) mass is 184 g/mol. The Hall–Kier alpha value is -0.970. The first-order chi connectivity index (χ1) is 5.72. The molecule has 1 aromatic rings. The Balaban J connectivity index is 2.38. The summed E-state index contributed by atoms with van der Waals surface area (Å²) >= 11 is 1.54. The number of nitrogens with one attached hydrogen (secondary N) is 1. The summed E-state index contributed by atoms with van der Waals surface area (Å²) in [5, 5.41) is 7.14. The van der Waals surface area contributed by atoms with Crippen molar-refractivity contribution in [3.63, 3.8) is 0 Å². The van der Waals surface area contributed by atoms with Crippen LogP contribution in [0, 0.1) is 0 Å². The van der Waals surface area contributed by atoms with Gasteiger partial charge in [0.05, 0.1) is 0 Å². The molecule has 3 N–H and O–H groups in total. The van der Waals surface area contributed by atoms with Crippen LogP contribution in [0.4, 0.5) is 5.95 Å². The Morgan fingerprint density at radius 3 is 3.00 bits per heavy atom. The summed E-state index contributed by atoms with van der Waals surface area (Å²) in [5.74, 6) is 1.22. The number of hydrogen-bond donors (Lipinski definition) is 2. The van der Waals surface area contributed by atoms with Crippen molar-refractivity contribution in [2.24, 2.45) is 0 Å². The summed E-state index contributed by atoms with van der Waals surface area (Å²) in [4.78, 5) is 3.95. The zero-order valence-corrected chi connectivity index (χ0v) is 7.82. The van der Waals surface area contributed by atoms with E-state index in [1.54, 1.807) is 11.8 Å². The lowest BCUT2D eigenvalue weighted by Crippen LogP contribution is -1.86. The van der Waals surface area contributed by atoms with E-state index >= 15 is 0 Å². The van der Waals surface area contributed by atoms with Crippen LogP contribution in [0.15, 0.2) is 17.3 Å². The normalized spacial score (nSPS) is 10.1. The zero-order valence-electron chi connectivity index (χ0n) is 7.00. The molecule has 0 aliphatic rings. The summed E-state index contributed by atoms with van der Waals surface area (Å²) in [6.45, 7) is 5.96. The van der Waals surface area contributed by atoms with Gasteiger partial charge in [0.25, 0.3) is 0 Å². The van der Waals surface area contributed by atoms with Crippen LogP contribution in [0.1, 0.15) is 13.3 Å². The quantitative estimate of drug-likeness (QED) is 0.549. The first-order valence-corrected chi connectivity index (χ1v) is 4.68. The number of nitrogens with zero attached hydrogens (tertiary/aromatic N) is 2. The molecule has 0 radical (unpaired) electrons. The largest absolute Gasteiger partial charge is 0.368 e. The molecular formula is C7H12N4S. The molecule has 12 heavy (non-hydrogen) atoms. The first kappa shape index (κ1) is 9.12. The first-order valence-electron chi connectivity index (χ1n) is 3.69. The van der Waals surface area contributed by atoms with Crippen LogP contribution < -0.4 is 5.73 Å². The molecule has 0 aliphatic carbocycles. The van der Waals surface area contributed by atoms with E-state index in [0.29, 0.717) is 11.1 Å². The number of anilines is 1. The SMILES string of the molecule is C=C(CC)CSc1n[nH]c(N)n1. The highest BCUT2D eigenvalue weighted by molar-refractivity contribution is 7.99. The Morgan fingerprint density at radius 1 is 1.75 bits per heavy atom. The number of aromatic amines is 1. The highest BCUT2D eigenvalue weighted by Gasteiger charge is 2.00. The van der Waals surface area contributed by atoms with E-state index in [4.69, 9.17) is 5.73 Å². The maximum atomic E-state index is 5.35. The predicted molar refractivity (Wildman–Crippen MR) is 51.0 cm³/mol. The molecule has 0 fully saturated rings. The van der Waals surface area contributed by atoms with Gasteiger partial charge in [-0.25, -0.2) is 5.10 Å². The van der Waals surface area contributed by atoms with Gasteiger partial charge in [0.1, 0.15) is 0 Å². The highest BCUT2D eigenvalue weighted by Crippen LogP contribution is 2.16. The van der Waals surface area contributed by atoms with Crippen LogP contribution in [0.25, 0.3) is 0 Å². The van der Waals surface area contributed by atoms with Gasteiger partial charge in [-0.3, -0.25) is 0 Å². The summed E-state index contributed by atoms with van der Waals surface area (Å²) in [5.41, 5.74) is 6.54. The van der Waals surface area contributed by atoms with Crippen LogP contribution in [0.2, 0.25) is 0 Å². The fourth-order valence-corrected chi connectivity index (χ4v) is 1.40. The molecule has 4 nitrogen and oxygen atoms in total. The molecular weight excluding hydrogens is 172 g/mol. The van der Waals surface area contributed by atoms with Crippen LogP contribution in [-0.2, 0) is 0 Å². The molecule has 0 saturated heterocycles. The van der Waals surface area contributed by atoms with Gasteiger partial charge in [-0.2, -0.15) is 4.98 Å². The third kappa shape index (κ3) is 2.58. The van der Waals surface area contributed by atoms with Crippen molar-refractivity contribution in [1.29, 1.82) is 0 Å². The zero-order chi connectivity index (χ0) is 8.97. The molecule has 0 aromatic carbocycles. The minimum atomic E-state index is 0.361. The maximum absolute atomic E-state index is 5.35. The average molecular weight is 184 g/mol. The molecule has 0 unspecified atom stereocenters. The molecule has 0 aliphatic heterocycles. The molecule has 1 rings (SSSR count). The number of nitrogen functional groups attached to an aromatic ring is 1. The minimum Gasteiger partial charge on any atom is -0.368 e. The second-order valence-electron chi connectivity index (χ2n) is 2.40. The number of aromatic nitrogens is 3. The molecule has 0 atom stereocenters. The molecule has 1 aromatic heterocycles. The van der Waals surface area contributed by atoms with Crippen molar-refractivity contribution in [3.05, 3.63) is 12.2 Å². The van der Waals surface area contributed by atoms with E-state index in [-0.39, 0.29) is 0 Å². The van der Waals surface area contributed by atoms with E-state index in [1.165, 1.54) is 5.57 Å². The van der Waals surface area contributed by atoms with Crippen molar-refractivity contribution < 1.29 is 0 Å². The molecule has 0 saturated carbocycles. The van der Waals surface area contributed by atoms with Gasteiger partial charge in [-0.15, -0.1) is 5.10 Å². The number of hydrogen-bond acceptors (Lipinski definition) is 4. The Kier molecular flexibility index (Phi) is 3.16. The third-order valence-electron chi connectivity index (χ3n) is 1.39. The summed E-state index contributed by atoms with van der Waals surface area (Å²) < 4.78 is 0. The van der Waals surface area contributed by atoms with Crippen LogP contribution >= 0.6 is 11.8 Å². The minimum absolute atomic E-state index is 0.361. The summed E-state index contributed by atoms with van der Waals surface area (Å²) in [7, 11) is 0. The molecule has 0 spiro atoms. The summed E-state index contributed by atoms with van der Waals surface area (Å²) in [6, 6.07) is 0. The second kappa shape index (κ2) is 4.15. The lowest BCUT2D eigenvalue weighted by atomic mass is 10.3.